The van der Waals surface area contributed by atoms with E-state index >= 15 is 0 Å². The summed E-state index contributed by atoms with van der Waals surface area (Å²) in [5, 5.41) is 3.10. The third kappa shape index (κ3) is 17.4. The van der Waals surface area contributed by atoms with Crippen molar-refractivity contribution >= 4 is 5.97 Å². The van der Waals surface area contributed by atoms with Crippen LogP contribution >= 0.6 is 0 Å². The summed E-state index contributed by atoms with van der Waals surface area (Å²) >= 11 is 0. The van der Waals surface area contributed by atoms with E-state index in [0.717, 1.165) is 13.0 Å². The first-order chi connectivity index (χ1) is 10.3. The van der Waals surface area contributed by atoms with E-state index in [1.54, 1.807) is 0 Å². The van der Waals surface area contributed by atoms with Crippen LogP contribution in [-0.4, -0.2) is 26.2 Å². The maximum Gasteiger partial charge on any atom is 0.319 e. The lowest BCUT2D eigenvalue weighted by Crippen LogP contribution is -2.24. The van der Waals surface area contributed by atoms with Gasteiger partial charge in [0.25, 0.3) is 0 Å². The average molecular weight is 299 g/mol. The molecule has 0 heterocycles. The Hall–Kier alpha value is -0.570. The van der Waals surface area contributed by atoms with Gasteiger partial charge in [0.2, 0.25) is 0 Å². The van der Waals surface area contributed by atoms with Crippen LogP contribution < -0.4 is 5.32 Å². The highest BCUT2D eigenvalue weighted by molar-refractivity contribution is 5.71. The number of unbranched alkanes of at least 4 members (excludes halogenated alkanes) is 12. The Morgan fingerprint density at radius 3 is 1.62 bits per heavy atom. The molecule has 0 aliphatic heterocycles. The average Bonchev–Trinajstić information content (AvgIpc) is 2.50. The first kappa shape index (κ1) is 20.4. The molecule has 0 saturated carbocycles. The van der Waals surface area contributed by atoms with Crippen LogP contribution in [0.25, 0.3) is 0 Å². The zero-order valence-electron chi connectivity index (χ0n) is 14.4. The number of carbonyl (C=O) groups excluding carboxylic acids is 1. The molecule has 0 spiro atoms. The number of hydrogen-bond acceptors (Lipinski definition) is 3. The minimum atomic E-state index is -0.176. The third-order valence-electron chi connectivity index (χ3n) is 3.95. The third-order valence-corrected chi connectivity index (χ3v) is 3.95. The maximum atomic E-state index is 10.9. The topological polar surface area (TPSA) is 38.3 Å². The van der Waals surface area contributed by atoms with E-state index in [1.165, 1.54) is 84.2 Å². The van der Waals surface area contributed by atoms with Crippen LogP contribution in [0.1, 0.15) is 90.4 Å². The summed E-state index contributed by atoms with van der Waals surface area (Å²) in [5.74, 6) is -0.176. The van der Waals surface area contributed by atoms with E-state index in [2.05, 4.69) is 17.0 Å². The molecule has 3 heteroatoms. The van der Waals surface area contributed by atoms with E-state index in [0.29, 0.717) is 6.54 Å². The second kappa shape index (κ2) is 17.5. The van der Waals surface area contributed by atoms with E-state index in [-0.39, 0.29) is 5.97 Å². The van der Waals surface area contributed by atoms with Gasteiger partial charge in [-0.15, -0.1) is 0 Å². The largest absolute Gasteiger partial charge is 0.468 e. The van der Waals surface area contributed by atoms with Crippen LogP contribution in [0.2, 0.25) is 0 Å². The molecule has 0 unspecified atom stereocenters. The molecule has 1 N–H and O–H groups in total. The van der Waals surface area contributed by atoms with E-state index in [1.807, 2.05) is 0 Å². The van der Waals surface area contributed by atoms with Gasteiger partial charge in [0.15, 0.2) is 0 Å². The molecule has 126 valence electrons. The van der Waals surface area contributed by atoms with Gasteiger partial charge >= 0.3 is 5.97 Å². The summed E-state index contributed by atoms with van der Waals surface area (Å²) in [6.45, 7) is 3.54. The van der Waals surface area contributed by atoms with Crippen LogP contribution in [0.15, 0.2) is 0 Å². The second-order valence-corrected chi connectivity index (χ2v) is 6.00. The van der Waals surface area contributed by atoms with E-state index in [9.17, 15) is 4.79 Å². The summed E-state index contributed by atoms with van der Waals surface area (Å²) in [5.41, 5.74) is 0. The van der Waals surface area contributed by atoms with Crippen molar-refractivity contribution in [3.63, 3.8) is 0 Å². The number of ether oxygens (including phenoxy) is 1. The summed E-state index contributed by atoms with van der Waals surface area (Å²) in [4.78, 5) is 10.9. The molecular weight excluding hydrogens is 262 g/mol. The minimum Gasteiger partial charge on any atom is -0.468 e. The van der Waals surface area contributed by atoms with Gasteiger partial charge in [-0.3, -0.25) is 4.79 Å². The van der Waals surface area contributed by atoms with Crippen LogP contribution in [-0.2, 0) is 9.53 Å². The van der Waals surface area contributed by atoms with Crippen LogP contribution in [0, 0.1) is 0 Å². The smallest absolute Gasteiger partial charge is 0.319 e. The molecular formula is C18H37NO2. The van der Waals surface area contributed by atoms with Gasteiger partial charge < -0.3 is 10.1 Å². The molecule has 0 bridgehead atoms. The summed E-state index contributed by atoms with van der Waals surface area (Å²) in [7, 11) is 1.43. The minimum absolute atomic E-state index is 0.176. The van der Waals surface area contributed by atoms with Crippen molar-refractivity contribution < 1.29 is 9.53 Å². The molecule has 0 aliphatic rings. The SMILES string of the molecule is CCCCCCCCCCCCCCCNCC(=O)OC. The number of carbonyl (C=O) groups is 1. The highest BCUT2D eigenvalue weighted by Gasteiger charge is 1.97. The van der Waals surface area contributed by atoms with E-state index < -0.39 is 0 Å². The van der Waals surface area contributed by atoms with Crippen molar-refractivity contribution in [1.82, 2.24) is 5.32 Å². The molecule has 3 nitrogen and oxygen atoms in total. The van der Waals surface area contributed by atoms with Crippen molar-refractivity contribution in [1.29, 1.82) is 0 Å². The Labute approximate surface area is 132 Å². The fourth-order valence-electron chi connectivity index (χ4n) is 2.53. The number of rotatable bonds is 16. The molecule has 0 saturated heterocycles. The van der Waals surface area contributed by atoms with Gasteiger partial charge in [-0.2, -0.15) is 0 Å². The van der Waals surface area contributed by atoms with Gasteiger partial charge in [0, 0.05) is 0 Å². The Bertz CT molecular complexity index is 219. The highest BCUT2D eigenvalue weighted by Crippen LogP contribution is 2.12. The molecule has 0 radical (unpaired) electrons. The van der Waals surface area contributed by atoms with Crippen molar-refractivity contribution in [2.75, 3.05) is 20.2 Å². The summed E-state index contributed by atoms with van der Waals surface area (Å²) in [6.07, 6.45) is 17.8. The number of hydrogen-bond donors (Lipinski definition) is 1. The van der Waals surface area contributed by atoms with Crippen molar-refractivity contribution in [2.45, 2.75) is 90.4 Å². The molecule has 0 fully saturated rings. The Kier molecular flexibility index (Phi) is 17.0. The Morgan fingerprint density at radius 1 is 0.762 bits per heavy atom. The van der Waals surface area contributed by atoms with Crippen LogP contribution in [0.4, 0.5) is 0 Å². The predicted octanol–water partition coefficient (Wildman–Crippen LogP) is 4.84. The molecule has 0 aromatic heterocycles. The fraction of sp³-hybridized carbons (Fsp3) is 0.944. The lowest BCUT2D eigenvalue weighted by molar-refractivity contribution is -0.139. The number of nitrogens with one attached hydrogen (secondary N) is 1. The van der Waals surface area contributed by atoms with Crippen LogP contribution in [0.3, 0.4) is 0 Å². The molecule has 0 aliphatic carbocycles. The predicted molar refractivity (Wildman–Crippen MR) is 90.6 cm³/mol. The summed E-state index contributed by atoms with van der Waals surface area (Å²) in [6, 6.07) is 0. The fourth-order valence-corrected chi connectivity index (χ4v) is 2.53. The number of methoxy groups -OCH3 is 1. The monoisotopic (exact) mass is 299 g/mol. The lowest BCUT2D eigenvalue weighted by atomic mass is 10.0. The zero-order chi connectivity index (χ0) is 15.6. The van der Waals surface area contributed by atoms with Gasteiger partial charge in [-0.1, -0.05) is 84.0 Å². The van der Waals surface area contributed by atoms with Gasteiger partial charge in [0.05, 0.1) is 13.7 Å². The van der Waals surface area contributed by atoms with Crippen molar-refractivity contribution in [2.24, 2.45) is 0 Å². The highest BCUT2D eigenvalue weighted by atomic mass is 16.5. The van der Waals surface area contributed by atoms with Crippen molar-refractivity contribution in [3.05, 3.63) is 0 Å². The molecule has 0 amide bonds. The normalized spacial score (nSPS) is 10.8. The van der Waals surface area contributed by atoms with Gasteiger partial charge in [0.1, 0.15) is 0 Å². The second-order valence-electron chi connectivity index (χ2n) is 6.00. The molecule has 0 aromatic rings. The Morgan fingerprint density at radius 2 is 1.19 bits per heavy atom. The van der Waals surface area contributed by atoms with Crippen LogP contribution in [0.5, 0.6) is 0 Å². The maximum absolute atomic E-state index is 10.9. The lowest BCUT2D eigenvalue weighted by Gasteiger charge is -2.04. The first-order valence-electron chi connectivity index (χ1n) is 9.08. The Balaban J connectivity index is 2.98. The van der Waals surface area contributed by atoms with E-state index in [4.69, 9.17) is 0 Å². The molecule has 21 heavy (non-hydrogen) atoms. The summed E-state index contributed by atoms with van der Waals surface area (Å²) < 4.78 is 4.57. The zero-order valence-corrected chi connectivity index (χ0v) is 14.4. The standard InChI is InChI=1S/C18H37NO2/c1-3-4-5-6-7-8-9-10-11-12-13-14-15-16-19-17-18(20)21-2/h19H,3-17H2,1-2H3. The number of esters is 1. The van der Waals surface area contributed by atoms with Gasteiger partial charge in [-0.05, 0) is 13.0 Å². The molecule has 0 atom stereocenters. The quantitative estimate of drug-likeness (QED) is 0.327. The molecule has 0 aromatic carbocycles. The molecule has 0 rings (SSSR count). The van der Waals surface area contributed by atoms with Gasteiger partial charge in [-0.25, -0.2) is 0 Å². The van der Waals surface area contributed by atoms with Crippen molar-refractivity contribution in [3.8, 4) is 0 Å². The first-order valence-corrected chi connectivity index (χ1v) is 9.08.